The largest absolute Gasteiger partial charge is 0.328 e. The topological polar surface area (TPSA) is 49.6 Å². The Labute approximate surface area is 108 Å². The number of carbonyl (C=O) groups excluding carboxylic acids is 1. The SMILES string of the molecule is CC(C)c1ccccc1N1CC(CN)N(C)C1=O. The molecular formula is C14H21N3O. The van der Waals surface area contributed by atoms with E-state index in [0.717, 1.165) is 5.69 Å². The molecule has 1 atom stereocenters. The van der Waals surface area contributed by atoms with Gasteiger partial charge in [0, 0.05) is 25.8 Å². The molecule has 4 heteroatoms. The van der Waals surface area contributed by atoms with E-state index in [-0.39, 0.29) is 12.1 Å². The number of likely N-dealkylation sites (N-methyl/N-ethyl adjacent to an activating group) is 1. The van der Waals surface area contributed by atoms with E-state index >= 15 is 0 Å². The average Bonchev–Trinajstić information content (AvgIpc) is 2.66. The molecule has 0 bridgehead atoms. The van der Waals surface area contributed by atoms with Crippen LogP contribution in [0.2, 0.25) is 0 Å². The number of benzene rings is 1. The Morgan fingerprint density at radius 2 is 2.06 bits per heavy atom. The summed E-state index contributed by atoms with van der Waals surface area (Å²) in [5.74, 6) is 0.399. The maximum atomic E-state index is 12.2. The number of hydrogen-bond donors (Lipinski definition) is 1. The van der Waals surface area contributed by atoms with Gasteiger partial charge in [-0.05, 0) is 17.5 Å². The van der Waals surface area contributed by atoms with Gasteiger partial charge in [0.2, 0.25) is 0 Å². The summed E-state index contributed by atoms with van der Waals surface area (Å²) in [4.78, 5) is 15.8. The minimum Gasteiger partial charge on any atom is -0.328 e. The normalized spacial score (nSPS) is 20.1. The van der Waals surface area contributed by atoms with Gasteiger partial charge in [0.1, 0.15) is 0 Å². The number of carbonyl (C=O) groups is 1. The molecule has 0 aromatic heterocycles. The molecule has 0 spiro atoms. The second kappa shape index (κ2) is 4.98. The summed E-state index contributed by atoms with van der Waals surface area (Å²) in [5, 5.41) is 0. The maximum absolute atomic E-state index is 12.2. The zero-order valence-corrected chi connectivity index (χ0v) is 11.3. The smallest absolute Gasteiger partial charge is 0.324 e. The van der Waals surface area contributed by atoms with Crippen LogP contribution in [0.25, 0.3) is 0 Å². The lowest BCUT2D eigenvalue weighted by molar-refractivity contribution is 0.219. The third-order valence-corrected chi connectivity index (χ3v) is 3.60. The van der Waals surface area contributed by atoms with Gasteiger partial charge in [-0.1, -0.05) is 32.0 Å². The molecule has 98 valence electrons. The van der Waals surface area contributed by atoms with Crippen molar-refractivity contribution in [2.75, 3.05) is 25.0 Å². The molecule has 1 heterocycles. The molecule has 1 fully saturated rings. The van der Waals surface area contributed by atoms with Crippen LogP contribution in [0.5, 0.6) is 0 Å². The summed E-state index contributed by atoms with van der Waals surface area (Å²) in [5.41, 5.74) is 7.92. The minimum absolute atomic E-state index is 0.0403. The number of para-hydroxylation sites is 1. The van der Waals surface area contributed by atoms with Crippen LogP contribution in [0.15, 0.2) is 24.3 Å². The Kier molecular flexibility index (Phi) is 3.57. The van der Waals surface area contributed by atoms with E-state index in [0.29, 0.717) is 19.0 Å². The molecule has 1 aliphatic rings. The van der Waals surface area contributed by atoms with Crippen molar-refractivity contribution in [3.05, 3.63) is 29.8 Å². The van der Waals surface area contributed by atoms with Gasteiger partial charge in [0.15, 0.2) is 0 Å². The number of amides is 2. The predicted molar refractivity (Wildman–Crippen MR) is 73.9 cm³/mol. The van der Waals surface area contributed by atoms with Crippen molar-refractivity contribution in [3.8, 4) is 0 Å². The quantitative estimate of drug-likeness (QED) is 0.888. The van der Waals surface area contributed by atoms with Crippen LogP contribution in [-0.2, 0) is 0 Å². The predicted octanol–water partition coefficient (Wildman–Crippen LogP) is 2.01. The van der Waals surface area contributed by atoms with Gasteiger partial charge in [-0.15, -0.1) is 0 Å². The summed E-state index contributed by atoms with van der Waals surface area (Å²) < 4.78 is 0. The highest BCUT2D eigenvalue weighted by molar-refractivity contribution is 5.95. The van der Waals surface area contributed by atoms with Crippen LogP contribution >= 0.6 is 0 Å². The highest BCUT2D eigenvalue weighted by Crippen LogP contribution is 2.30. The Morgan fingerprint density at radius 3 is 2.61 bits per heavy atom. The highest BCUT2D eigenvalue weighted by atomic mass is 16.2. The molecule has 1 unspecified atom stereocenters. The molecule has 0 radical (unpaired) electrons. The molecule has 1 aromatic carbocycles. The number of anilines is 1. The number of urea groups is 1. The number of rotatable bonds is 3. The van der Waals surface area contributed by atoms with Crippen molar-refractivity contribution in [3.63, 3.8) is 0 Å². The molecule has 1 aromatic rings. The van der Waals surface area contributed by atoms with Crippen LogP contribution in [0, 0.1) is 0 Å². The van der Waals surface area contributed by atoms with Crippen molar-refractivity contribution in [1.29, 1.82) is 0 Å². The molecule has 18 heavy (non-hydrogen) atoms. The first-order chi connectivity index (χ1) is 8.56. The second-order valence-corrected chi connectivity index (χ2v) is 5.11. The van der Waals surface area contributed by atoms with Crippen LogP contribution in [0.1, 0.15) is 25.3 Å². The number of nitrogens with zero attached hydrogens (tertiary/aromatic N) is 2. The van der Waals surface area contributed by atoms with E-state index in [2.05, 4.69) is 19.9 Å². The number of nitrogens with two attached hydrogens (primary N) is 1. The van der Waals surface area contributed by atoms with Crippen LogP contribution < -0.4 is 10.6 Å². The van der Waals surface area contributed by atoms with Crippen LogP contribution in [0.3, 0.4) is 0 Å². The van der Waals surface area contributed by atoms with Crippen molar-refractivity contribution >= 4 is 11.7 Å². The molecular weight excluding hydrogens is 226 g/mol. The highest BCUT2D eigenvalue weighted by Gasteiger charge is 2.35. The van der Waals surface area contributed by atoms with Crippen molar-refractivity contribution < 1.29 is 4.79 Å². The van der Waals surface area contributed by atoms with Gasteiger partial charge < -0.3 is 10.6 Å². The van der Waals surface area contributed by atoms with Crippen LogP contribution in [-0.4, -0.2) is 37.1 Å². The van der Waals surface area contributed by atoms with Gasteiger partial charge in [-0.25, -0.2) is 4.79 Å². The van der Waals surface area contributed by atoms with E-state index in [1.807, 2.05) is 30.1 Å². The molecule has 0 saturated carbocycles. The first kappa shape index (κ1) is 12.9. The monoisotopic (exact) mass is 247 g/mol. The van der Waals surface area contributed by atoms with Crippen molar-refractivity contribution in [2.45, 2.75) is 25.8 Å². The average molecular weight is 247 g/mol. The zero-order chi connectivity index (χ0) is 13.3. The standard InChI is InChI=1S/C14H21N3O/c1-10(2)12-6-4-5-7-13(12)17-9-11(8-15)16(3)14(17)18/h4-7,10-11H,8-9,15H2,1-3H3. The Hall–Kier alpha value is -1.55. The first-order valence-corrected chi connectivity index (χ1v) is 6.39. The lowest BCUT2D eigenvalue weighted by atomic mass is 10.0. The molecule has 1 saturated heterocycles. The summed E-state index contributed by atoms with van der Waals surface area (Å²) in [6.45, 7) is 5.46. The molecule has 0 aliphatic carbocycles. The number of hydrogen-bond acceptors (Lipinski definition) is 2. The fourth-order valence-corrected chi connectivity index (χ4v) is 2.41. The molecule has 1 aliphatic heterocycles. The Bertz CT molecular complexity index is 444. The molecule has 2 amide bonds. The summed E-state index contributed by atoms with van der Waals surface area (Å²) in [7, 11) is 1.82. The molecule has 2 N–H and O–H groups in total. The summed E-state index contributed by atoms with van der Waals surface area (Å²) in [6.07, 6.45) is 0. The second-order valence-electron chi connectivity index (χ2n) is 5.11. The van der Waals surface area contributed by atoms with Gasteiger partial charge in [0.25, 0.3) is 0 Å². The molecule has 2 rings (SSSR count). The van der Waals surface area contributed by atoms with E-state index in [9.17, 15) is 4.79 Å². The van der Waals surface area contributed by atoms with Crippen molar-refractivity contribution in [2.24, 2.45) is 5.73 Å². The van der Waals surface area contributed by atoms with Crippen molar-refractivity contribution in [1.82, 2.24) is 4.90 Å². The van der Waals surface area contributed by atoms with Gasteiger partial charge in [-0.2, -0.15) is 0 Å². The minimum atomic E-state index is 0.0403. The maximum Gasteiger partial charge on any atom is 0.324 e. The summed E-state index contributed by atoms with van der Waals surface area (Å²) in [6, 6.07) is 8.24. The van der Waals surface area contributed by atoms with E-state index < -0.39 is 0 Å². The van der Waals surface area contributed by atoms with Gasteiger partial charge in [0.05, 0.1) is 6.04 Å². The van der Waals surface area contributed by atoms with E-state index in [4.69, 9.17) is 5.73 Å². The van der Waals surface area contributed by atoms with Gasteiger partial charge in [-0.3, -0.25) is 4.90 Å². The third kappa shape index (κ3) is 2.08. The molecule has 4 nitrogen and oxygen atoms in total. The lowest BCUT2D eigenvalue weighted by Crippen LogP contribution is -2.35. The lowest BCUT2D eigenvalue weighted by Gasteiger charge is -2.21. The third-order valence-electron chi connectivity index (χ3n) is 3.60. The van der Waals surface area contributed by atoms with Gasteiger partial charge >= 0.3 is 6.03 Å². The Morgan fingerprint density at radius 1 is 1.39 bits per heavy atom. The van der Waals surface area contributed by atoms with E-state index in [1.54, 1.807) is 4.90 Å². The first-order valence-electron chi connectivity index (χ1n) is 6.39. The van der Waals surface area contributed by atoms with Crippen LogP contribution in [0.4, 0.5) is 10.5 Å². The fourth-order valence-electron chi connectivity index (χ4n) is 2.41. The Balaban J connectivity index is 2.36. The van der Waals surface area contributed by atoms with E-state index in [1.165, 1.54) is 5.56 Å². The fraction of sp³-hybridized carbons (Fsp3) is 0.500. The summed E-state index contributed by atoms with van der Waals surface area (Å²) >= 11 is 0. The zero-order valence-electron chi connectivity index (χ0n) is 11.3.